The molecule has 94 valence electrons. The van der Waals surface area contributed by atoms with Crippen LogP contribution in [0.15, 0.2) is 36.7 Å². The van der Waals surface area contributed by atoms with Crippen LogP contribution < -0.4 is 15.2 Å². The average molecular weight is 265 g/mol. The fourth-order valence-corrected chi connectivity index (χ4v) is 1.64. The summed E-state index contributed by atoms with van der Waals surface area (Å²) in [6.07, 6.45) is 3.25. The van der Waals surface area contributed by atoms with E-state index in [0.29, 0.717) is 28.8 Å². The molecular weight excluding hydrogens is 252 g/mol. The summed E-state index contributed by atoms with van der Waals surface area (Å²) < 4.78 is 10.7. The van der Waals surface area contributed by atoms with Crippen molar-refractivity contribution in [1.29, 1.82) is 0 Å². The van der Waals surface area contributed by atoms with Crippen LogP contribution in [0.25, 0.3) is 0 Å². The maximum atomic E-state index is 5.98. The minimum atomic E-state index is 0.345. The quantitative estimate of drug-likeness (QED) is 0.863. The van der Waals surface area contributed by atoms with Crippen molar-refractivity contribution in [2.24, 2.45) is 0 Å². The van der Waals surface area contributed by atoms with Crippen molar-refractivity contribution in [3.05, 3.63) is 47.2 Å². The first-order valence-corrected chi connectivity index (χ1v) is 5.73. The third-order valence-corrected chi connectivity index (χ3v) is 2.80. The van der Waals surface area contributed by atoms with Crippen LogP contribution in [0.2, 0.25) is 5.02 Å². The number of rotatable bonds is 4. The van der Waals surface area contributed by atoms with Crippen molar-refractivity contribution in [2.45, 2.75) is 6.61 Å². The lowest BCUT2D eigenvalue weighted by atomic mass is 10.2. The van der Waals surface area contributed by atoms with Crippen molar-refractivity contribution < 1.29 is 9.47 Å². The lowest BCUT2D eigenvalue weighted by molar-refractivity contribution is 0.307. The van der Waals surface area contributed by atoms with E-state index in [-0.39, 0.29) is 0 Å². The van der Waals surface area contributed by atoms with E-state index in [1.807, 2.05) is 6.07 Å². The van der Waals surface area contributed by atoms with E-state index in [1.165, 1.54) is 0 Å². The Morgan fingerprint density at radius 3 is 2.83 bits per heavy atom. The van der Waals surface area contributed by atoms with Crippen LogP contribution >= 0.6 is 11.6 Å². The van der Waals surface area contributed by atoms with Crippen LogP contribution in [0, 0.1) is 0 Å². The fourth-order valence-electron chi connectivity index (χ4n) is 1.46. The van der Waals surface area contributed by atoms with E-state index in [9.17, 15) is 0 Å². The molecule has 2 aromatic rings. The van der Waals surface area contributed by atoms with Gasteiger partial charge in [-0.25, -0.2) is 0 Å². The Bertz CT molecular complexity index is 546. The molecule has 18 heavy (non-hydrogen) atoms. The first kappa shape index (κ1) is 12.5. The molecule has 0 saturated carbocycles. The highest BCUT2D eigenvalue weighted by Crippen LogP contribution is 2.27. The third kappa shape index (κ3) is 2.84. The average Bonchev–Trinajstić information content (AvgIpc) is 2.39. The smallest absolute Gasteiger partial charge is 0.142 e. The highest BCUT2D eigenvalue weighted by Gasteiger charge is 2.05. The van der Waals surface area contributed by atoms with E-state index < -0.39 is 0 Å². The van der Waals surface area contributed by atoms with Gasteiger partial charge in [-0.2, -0.15) is 0 Å². The lowest BCUT2D eigenvalue weighted by Gasteiger charge is -2.10. The molecule has 0 radical (unpaired) electrons. The minimum Gasteiger partial charge on any atom is -0.497 e. The monoisotopic (exact) mass is 264 g/mol. The molecule has 0 fully saturated rings. The second-order valence-electron chi connectivity index (χ2n) is 3.66. The Kier molecular flexibility index (Phi) is 3.89. The van der Waals surface area contributed by atoms with Gasteiger partial charge < -0.3 is 15.2 Å². The Labute approximate surface area is 110 Å². The zero-order chi connectivity index (χ0) is 13.0. The second-order valence-corrected chi connectivity index (χ2v) is 4.07. The first-order chi connectivity index (χ1) is 8.70. The van der Waals surface area contributed by atoms with E-state index in [2.05, 4.69) is 4.98 Å². The van der Waals surface area contributed by atoms with Crippen molar-refractivity contribution in [1.82, 2.24) is 4.98 Å². The van der Waals surface area contributed by atoms with Gasteiger partial charge in [-0.1, -0.05) is 11.6 Å². The number of hydrogen-bond donors (Lipinski definition) is 1. The Morgan fingerprint density at radius 1 is 1.33 bits per heavy atom. The van der Waals surface area contributed by atoms with Gasteiger partial charge in [0.05, 0.1) is 17.8 Å². The number of nitrogens with two attached hydrogens (primary N) is 1. The number of ether oxygens (including phenoxy) is 2. The van der Waals surface area contributed by atoms with Gasteiger partial charge in [0.25, 0.3) is 0 Å². The summed E-state index contributed by atoms with van der Waals surface area (Å²) in [6, 6.07) is 7.08. The molecule has 1 aromatic carbocycles. The van der Waals surface area contributed by atoms with Crippen LogP contribution in [0.5, 0.6) is 11.5 Å². The van der Waals surface area contributed by atoms with Crippen LogP contribution in [0.3, 0.4) is 0 Å². The number of nitrogens with zero attached hydrogens (tertiary/aromatic N) is 1. The van der Waals surface area contributed by atoms with Crippen LogP contribution in [-0.2, 0) is 6.61 Å². The molecule has 0 spiro atoms. The van der Waals surface area contributed by atoms with E-state index in [4.69, 9.17) is 26.8 Å². The van der Waals surface area contributed by atoms with Crippen LogP contribution in [-0.4, -0.2) is 12.1 Å². The van der Waals surface area contributed by atoms with Gasteiger partial charge >= 0.3 is 0 Å². The molecule has 1 aromatic heterocycles. The molecule has 0 unspecified atom stereocenters. The zero-order valence-electron chi connectivity index (χ0n) is 9.89. The predicted octanol–water partition coefficient (Wildman–Crippen LogP) is 2.90. The number of hydrogen-bond acceptors (Lipinski definition) is 4. The summed E-state index contributed by atoms with van der Waals surface area (Å²) in [5.74, 6) is 1.30. The zero-order valence-corrected chi connectivity index (χ0v) is 10.6. The van der Waals surface area contributed by atoms with Crippen molar-refractivity contribution >= 4 is 17.3 Å². The van der Waals surface area contributed by atoms with Crippen LogP contribution in [0.4, 0.5) is 5.69 Å². The maximum Gasteiger partial charge on any atom is 0.142 e. The number of aromatic nitrogens is 1. The van der Waals surface area contributed by atoms with E-state index in [0.717, 1.165) is 5.56 Å². The van der Waals surface area contributed by atoms with Gasteiger partial charge in [0.15, 0.2) is 0 Å². The molecule has 0 bridgehead atoms. The number of nitrogen functional groups attached to an aromatic ring is 1. The molecule has 0 saturated heterocycles. The maximum absolute atomic E-state index is 5.98. The summed E-state index contributed by atoms with van der Waals surface area (Å²) in [5.41, 5.74) is 7.24. The Balaban J connectivity index is 2.09. The molecule has 0 aliphatic carbocycles. The number of pyridine rings is 1. The van der Waals surface area contributed by atoms with Crippen molar-refractivity contribution in [3.63, 3.8) is 0 Å². The SMILES string of the molecule is COc1ccc(OCc2ccncc2Cl)c(N)c1. The number of benzene rings is 1. The summed E-state index contributed by atoms with van der Waals surface area (Å²) in [4.78, 5) is 3.91. The number of anilines is 1. The van der Waals surface area contributed by atoms with E-state index in [1.54, 1.807) is 37.7 Å². The second kappa shape index (κ2) is 5.60. The summed E-state index contributed by atoms with van der Waals surface area (Å²) in [5, 5.41) is 0.574. The molecule has 0 aliphatic rings. The largest absolute Gasteiger partial charge is 0.497 e. The summed E-state index contributed by atoms with van der Waals surface area (Å²) in [7, 11) is 1.59. The highest BCUT2D eigenvalue weighted by atomic mass is 35.5. The standard InChI is InChI=1S/C13H13ClN2O2/c1-17-10-2-3-13(12(15)6-10)18-8-9-4-5-16-7-11(9)14/h2-7H,8,15H2,1H3. The van der Waals surface area contributed by atoms with Gasteiger partial charge in [0.2, 0.25) is 0 Å². The molecule has 0 aliphatic heterocycles. The number of methoxy groups -OCH3 is 1. The molecule has 2 N–H and O–H groups in total. The normalized spacial score (nSPS) is 10.1. The van der Waals surface area contributed by atoms with Crippen molar-refractivity contribution in [2.75, 3.05) is 12.8 Å². The lowest BCUT2D eigenvalue weighted by Crippen LogP contribution is -2.00. The molecule has 0 atom stereocenters. The fraction of sp³-hybridized carbons (Fsp3) is 0.154. The highest BCUT2D eigenvalue weighted by molar-refractivity contribution is 6.31. The molecule has 1 heterocycles. The van der Waals surface area contributed by atoms with Crippen LogP contribution in [0.1, 0.15) is 5.56 Å². The van der Waals surface area contributed by atoms with Crippen molar-refractivity contribution in [3.8, 4) is 11.5 Å². The molecular formula is C13H13ClN2O2. The predicted molar refractivity (Wildman–Crippen MR) is 71.0 cm³/mol. The first-order valence-electron chi connectivity index (χ1n) is 5.35. The topological polar surface area (TPSA) is 57.4 Å². The summed E-state index contributed by atoms with van der Waals surface area (Å²) in [6.45, 7) is 0.345. The molecule has 5 heteroatoms. The van der Waals surface area contributed by atoms with Gasteiger partial charge in [0, 0.05) is 24.0 Å². The molecule has 4 nitrogen and oxygen atoms in total. The molecule has 2 rings (SSSR count). The summed E-state index contributed by atoms with van der Waals surface area (Å²) >= 11 is 5.98. The van der Waals surface area contributed by atoms with Gasteiger partial charge in [-0.3, -0.25) is 4.98 Å². The number of halogens is 1. The van der Waals surface area contributed by atoms with Gasteiger partial charge in [-0.05, 0) is 18.2 Å². The third-order valence-electron chi connectivity index (χ3n) is 2.46. The Morgan fingerprint density at radius 2 is 2.17 bits per heavy atom. The van der Waals surface area contributed by atoms with Gasteiger partial charge in [-0.15, -0.1) is 0 Å². The van der Waals surface area contributed by atoms with E-state index >= 15 is 0 Å². The Hall–Kier alpha value is -1.94. The molecule has 0 amide bonds. The van der Waals surface area contributed by atoms with Gasteiger partial charge in [0.1, 0.15) is 18.1 Å². The minimum absolute atomic E-state index is 0.345.